The summed E-state index contributed by atoms with van der Waals surface area (Å²) in [7, 11) is -3.65. The molecule has 0 aliphatic carbocycles. The molecule has 1 aromatic rings. The third kappa shape index (κ3) is 1.96. The van der Waals surface area contributed by atoms with Crippen LogP contribution in [0.1, 0.15) is 0 Å². The lowest BCUT2D eigenvalue weighted by Crippen LogP contribution is -2.12. The molecule has 0 heterocycles. The Balaban J connectivity index is 3.39. The highest BCUT2D eigenvalue weighted by atomic mass is 79.9. The predicted octanol–water partition coefficient (Wildman–Crippen LogP) is 0.679. The Hall–Kier alpha value is -0.590. The van der Waals surface area contributed by atoms with Crippen LogP contribution in [0.25, 0.3) is 0 Å². The minimum absolute atomic E-state index is 0.0386. The molecule has 1 aromatic carbocycles. The van der Waals surface area contributed by atoms with E-state index in [1.165, 1.54) is 18.2 Å². The number of nitrogens with two attached hydrogens (primary N) is 2. The van der Waals surface area contributed by atoms with Gasteiger partial charge in [-0.1, -0.05) is 0 Å². The van der Waals surface area contributed by atoms with Crippen molar-refractivity contribution >= 4 is 31.6 Å². The van der Waals surface area contributed by atoms with Crippen molar-refractivity contribution in [3.63, 3.8) is 0 Å². The van der Waals surface area contributed by atoms with Crippen molar-refractivity contribution < 1.29 is 8.42 Å². The number of hydrogen-bond acceptors (Lipinski definition) is 3. The number of benzene rings is 1. The smallest absolute Gasteiger partial charge is 0.239 e. The lowest BCUT2D eigenvalue weighted by Gasteiger charge is -2.01. The van der Waals surface area contributed by atoms with Gasteiger partial charge in [-0.2, -0.15) is 0 Å². The lowest BCUT2D eigenvalue weighted by molar-refractivity contribution is 0.597. The molecule has 4 N–H and O–H groups in total. The standard InChI is InChI=1S/C6H7BrN2O2S/c7-5-3-4(8)1-2-6(5)12(9,10)11/h1-3H,8H2,(H2,9,10,11). The molecule has 0 atom stereocenters. The van der Waals surface area contributed by atoms with Crippen LogP contribution < -0.4 is 10.9 Å². The Kier molecular flexibility index (Phi) is 2.41. The first kappa shape index (κ1) is 9.50. The molecule has 12 heavy (non-hydrogen) atoms. The lowest BCUT2D eigenvalue weighted by atomic mass is 10.3. The van der Waals surface area contributed by atoms with Crippen molar-refractivity contribution in [1.29, 1.82) is 0 Å². The summed E-state index contributed by atoms with van der Waals surface area (Å²) in [6.07, 6.45) is 0. The molecule has 6 heteroatoms. The summed E-state index contributed by atoms with van der Waals surface area (Å²) in [5.74, 6) is 0. The number of anilines is 1. The molecule has 0 aliphatic heterocycles. The molecular weight excluding hydrogens is 244 g/mol. The summed E-state index contributed by atoms with van der Waals surface area (Å²) in [6, 6.07) is 4.32. The largest absolute Gasteiger partial charge is 0.399 e. The average molecular weight is 251 g/mol. The molecule has 0 fully saturated rings. The van der Waals surface area contributed by atoms with Crippen LogP contribution in [-0.4, -0.2) is 8.42 Å². The molecule has 0 unspecified atom stereocenters. The van der Waals surface area contributed by atoms with E-state index in [1.807, 2.05) is 0 Å². The zero-order valence-electron chi connectivity index (χ0n) is 5.99. The van der Waals surface area contributed by atoms with Crippen molar-refractivity contribution in [3.8, 4) is 0 Å². The van der Waals surface area contributed by atoms with E-state index >= 15 is 0 Å². The second-order valence-corrected chi connectivity index (χ2v) is 4.62. The van der Waals surface area contributed by atoms with Crippen LogP contribution in [0, 0.1) is 0 Å². The van der Waals surface area contributed by atoms with Crippen LogP contribution in [0.5, 0.6) is 0 Å². The van der Waals surface area contributed by atoms with Gasteiger partial charge >= 0.3 is 0 Å². The zero-order valence-corrected chi connectivity index (χ0v) is 8.39. The molecule has 0 aromatic heterocycles. The Bertz CT molecular complexity index is 402. The maximum Gasteiger partial charge on any atom is 0.239 e. The molecule has 0 radical (unpaired) electrons. The van der Waals surface area contributed by atoms with E-state index in [2.05, 4.69) is 15.9 Å². The fraction of sp³-hybridized carbons (Fsp3) is 0. The first-order chi connectivity index (χ1) is 5.41. The molecule has 0 amide bonds. The van der Waals surface area contributed by atoms with Gasteiger partial charge in [0.25, 0.3) is 0 Å². The molecule has 1 rings (SSSR count). The SMILES string of the molecule is Nc1ccc(S(N)(=O)=O)c(Br)c1. The molecule has 0 saturated heterocycles. The van der Waals surface area contributed by atoms with Gasteiger partial charge in [0.15, 0.2) is 0 Å². The minimum Gasteiger partial charge on any atom is -0.399 e. The second-order valence-electron chi connectivity index (χ2n) is 2.23. The first-order valence-electron chi connectivity index (χ1n) is 2.99. The van der Waals surface area contributed by atoms with Crippen LogP contribution in [0.15, 0.2) is 27.6 Å². The highest BCUT2D eigenvalue weighted by Gasteiger charge is 2.11. The van der Waals surface area contributed by atoms with Crippen LogP contribution >= 0.6 is 15.9 Å². The van der Waals surface area contributed by atoms with Crippen LogP contribution in [0.4, 0.5) is 5.69 Å². The molecule has 66 valence electrons. The summed E-state index contributed by atoms with van der Waals surface area (Å²) in [5, 5.41) is 4.91. The quantitative estimate of drug-likeness (QED) is 0.719. The fourth-order valence-corrected chi connectivity index (χ4v) is 2.41. The highest BCUT2D eigenvalue weighted by Crippen LogP contribution is 2.22. The van der Waals surface area contributed by atoms with Gasteiger partial charge in [-0.15, -0.1) is 0 Å². The minimum atomic E-state index is -3.65. The normalized spacial score (nSPS) is 11.5. The monoisotopic (exact) mass is 250 g/mol. The van der Waals surface area contributed by atoms with Crippen molar-refractivity contribution in [1.82, 2.24) is 0 Å². The van der Waals surface area contributed by atoms with Gasteiger partial charge < -0.3 is 5.73 Å². The molecule has 4 nitrogen and oxygen atoms in total. The van der Waals surface area contributed by atoms with Gasteiger partial charge in [-0.25, -0.2) is 13.6 Å². The molecule has 0 spiro atoms. The topological polar surface area (TPSA) is 86.2 Å². The van der Waals surface area contributed by atoms with Gasteiger partial charge in [0.2, 0.25) is 10.0 Å². The second kappa shape index (κ2) is 3.04. The molecule has 0 bridgehead atoms. The Morgan fingerprint density at radius 3 is 2.33 bits per heavy atom. The van der Waals surface area contributed by atoms with Gasteiger partial charge in [0, 0.05) is 10.2 Å². The zero-order chi connectivity index (χ0) is 9.35. The van der Waals surface area contributed by atoms with E-state index in [9.17, 15) is 8.42 Å². The van der Waals surface area contributed by atoms with E-state index in [-0.39, 0.29) is 4.90 Å². The maximum absolute atomic E-state index is 10.9. The summed E-state index contributed by atoms with van der Waals surface area (Å²) in [6.45, 7) is 0. The molecule has 0 saturated carbocycles. The van der Waals surface area contributed by atoms with Gasteiger partial charge in [-0.3, -0.25) is 0 Å². The van der Waals surface area contributed by atoms with Crippen molar-refractivity contribution in [3.05, 3.63) is 22.7 Å². The molecular formula is C6H7BrN2O2S. The molecule has 0 aliphatic rings. The van der Waals surface area contributed by atoms with E-state index in [0.29, 0.717) is 10.2 Å². The summed E-state index contributed by atoms with van der Waals surface area (Å²) in [4.78, 5) is 0.0386. The van der Waals surface area contributed by atoms with Gasteiger partial charge in [-0.05, 0) is 34.1 Å². The van der Waals surface area contributed by atoms with Crippen LogP contribution in [0.3, 0.4) is 0 Å². The van der Waals surface area contributed by atoms with Crippen molar-refractivity contribution in [2.75, 3.05) is 5.73 Å². The number of halogens is 1. The third-order valence-corrected chi connectivity index (χ3v) is 3.15. The first-order valence-corrected chi connectivity index (χ1v) is 5.33. The summed E-state index contributed by atoms with van der Waals surface area (Å²) < 4.78 is 22.1. The Labute approximate surface area is 78.7 Å². The highest BCUT2D eigenvalue weighted by molar-refractivity contribution is 9.10. The fourth-order valence-electron chi connectivity index (χ4n) is 0.748. The van der Waals surface area contributed by atoms with E-state index < -0.39 is 10.0 Å². The Morgan fingerprint density at radius 2 is 1.92 bits per heavy atom. The maximum atomic E-state index is 10.9. The van der Waals surface area contributed by atoms with Crippen molar-refractivity contribution in [2.24, 2.45) is 5.14 Å². The average Bonchev–Trinajstić information content (AvgIpc) is 1.83. The van der Waals surface area contributed by atoms with E-state index in [0.717, 1.165) is 0 Å². The number of nitrogen functional groups attached to an aromatic ring is 1. The Morgan fingerprint density at radius 1 is 1.33 bits per heavy atom. The van der Waals surface area contributed by atoms with Gasteiger partial charge in [0.1, 0.15) is 0 Å². The number of primary sulfonamides is 1. The summed E-state index contributed by atoms with van der Waals surface area (Å²) in [5.41, 5.74) is 5.89. The number of sulfonamides is 1. The van der Waals surface area contributed by atoms with Crippen molar-refractivity contribution in [2.45, 2.75) is 4.90 Å². The number of rotatable bonds is 1. The van der Waals surface area contributed by atoms with E-state index in [1.54, 1.807) is 0 Å². The number of hydrogen-bond donors (Lipinski definition) is 2. The van der Waals surface area contributed by atoms with Crippen LogP contribution in [-0.2, 0) is 10.0 Å². The predicted molar refractivity (Wildman–Crippen MR) is 49.9 cm³/mol. The summed E-state index contributed by atoms with van der Waals surface area (Å²) >= 11 is 3.04. The van der Waals surface area contributed by atoms with Gasteiger partial charge in [0.05, 0.1) is 4.90 Å². The van der Waals surface area contributed by atoms with Crippen LogP contribution in [0.2, 0.25) is 0 Å². The van der Waals surface area contributed by atoms with E-state index in [4.69, 9.17) is 10.9 Å². The third-order valence-electron chi connectivity index (χ3n) is 1.26.